The molecule has 1 aliphatic rings. The van der Waals surface area contributed by atoms with Gasteiger partial charge in [0.15, 0.2) is 0 Å². The van der Waals surface area contributed by atoms with E-state index >= 15 is 0 Å². The van der Waals surface area contributed by atoms with Crippen molar-refractivity contribution in [2.24, 2.45) is 0 Å². The average Bonchev–Trinajstić information content (AvgIpc) is 3.11. The first kappa shape index (κ1) is 20.2. The third kappa shape index (κ3) is 4.59. The number of carbonyl (C=O) groups is 2. The summed E-state index contributed by atoms with van der Waals surface area (Å²) in [5, 5.41) is 11.7. The molecule has 0 unspecified atom stereocenters. The molecule has 3 aromatic rings. The second kappa shape index (κ2) is 9.19. The van der Waals surface area contributed by atoms with Gasteiger partial charge in [-0.25, -0.2) is 9.59 Å². The predicted octanol–water partition coefficient (Wildman–Crippen LogP) is 4.67. The molecule has 0 fully saturated rings. The standard InChI is InChI=1S/C26H21NO4/c28-25(29)19-10-7-9-18(16-19)8-5-6-15-27-26(30)31-17-24-22-13-3-1-11-20(22)21-12-2-4-14-23(21)24/h1-4,7,9-14,16,24H,6,15,17H2,(H,27,30)(H,28,29). The van der Waals surface area contributed by atoms with Gasteiger partial charge in [-0.3, -0.25) is 0 Å². The van der Waals surface area contributed by atoms with Crippen molar-refractivity contribution < 1.29 is 19.4 Å². The largest absolute Gasteiger partial charge is 0.478 e. The summed E-state index contributed by atoms with van der Waals surface area (Å²) in [4.78, 5) is 23.1. The number of rotatable bonds is 5. The summed E-state index contributed by atoms with van der Waals surface area (Å²) in [7, 11) is 0. The van der Waals surface area contributed by atoms with Crippen LogP contribution in [-0.4, -0.2) is 30.3 Å². The van der Waals surface area contributed by atoms with Gasteiger partial charge in [0, 0.05) is 24.4 Å². The first-order valence-electron chi connectivity index (χ1n) is 10.0. The maximum atomic E-state index is 12.1. The number of ether oxygens (including phenoxy) is 1. The van der Waals surface area contributed by atoms with Crippen molar-refractivity contribution in [1.29, 1.82) is 0 Å². The number of carboxylic acids is 1. The van der Waals surface area contributed by atoms with Crippen molar-refractivity contribution in [3.63, 3.8) is 0 Å². The van der Waals surface area contributed by atoms with Gasteiger partial charge < -0.3 is 15.2 Å². The molecule has 31 heavy (non-hydrogen) atoms. The molecule has 0 spiro atoms. The Bertz CT molecular complexity index is 1140. The highest BCUT2D eigenvalue weighted by Crippen LogP contribution is 2.44. The van der Waals surface area contributed by atoms with E-state index in [9.17, 15) is 9.59 Å². The number of alkyl carbamates (subject to hydrolysis) is 1. The Morgan fingerprint density at radius 2 is 1.61 bits per heavy atom. The smallest absolute Gasteiger partial charge is 0.407 e. The van der Waals surface area contributed by atoms with Gasteiger partial charge in [-0.05, 0) is 40.5 Å². The molecule has 0 saturated heterocycles. The molecule has 1 aliphatic carbocycles. The van der Waals surface area contributed by atoms with Crippen molar-refractivity contribution in [1.82, 2.24) is 5.32 Å². The van der Waals surface area contributed by atoms with E-state index in [1.165, 1.54) is 34.4 Å². The van der Waals surface area contributed by atoms with Gasteiger partial charge in [0.05, 0.1) is 5.56 Å². The summed E-state index contributed by atoms with van der Waals surface area (Å²) in [5.41, 5.74) is 5.55. The zero-order valence-electron chi connectivity index (χ0n) is 16.8. The lowest BCUT2D eigenvalue weighted by Gasteiger charge is -2.14. The molecule has 0 aliphatic heterocycles. The first-order chi connectivity index (χ1) is 15.1. The van der Waals surface area contributed by atoms with Crippen LogP contribution in [0, 0.1) is 11.8 Å². The molecule has 0 saturated carbocycles. The minimum atomic E-state index is -0.986. The Labute approximate surface area is 180 Å². The van der Waals surface area contributed by atoms with Gasteiger partial charge in [-0.1, -0.05) is 66.4 Å². The van der Waals surface area contributed by atoms with Crippen molar-refractivity contribution in [2.75, 3.05) is 13.2 Å². The van der Waals surface area contributed by atoms with E-state index < -0.39 is 12.1 Å². The van der Waals surface area contributed by atoms with Crippen LogP contribution in [-0.2, 0) is 4.74 Å². The van der Waals surface area contributed by atoms with Gasteiger partial charge in [0.25, 0.3) is 0 Å². The van der Waals surface area contributed by atoms with Crippen LogP contribution in [0.3, 0.4) is 0 Å². The summed E-state index contributed by atoms with van der Waals surface area (Å²) in [6.07, 6.45) is -0.0434. The maximum Gasteiger partial charge on any atom is 0.407 e. The molecular weight excluding hydrogens is 390 g/mol. The highest BCUT2D eigenvalue weighted by molar-refractivity contribution is 5.88. The predicted molar refractivity (Wildman–Crippen MR) is 118 cm³/mol. The third-order valence-electron chi connectivity index (χ3n) is 5.21. The fourth-order valence-electron chi connectivity index (χ4n) is 3.77. The Hall–Kier alpha value is -4.04. The fraction of sp³-hybridized carbons (Fsp3) is 0.154. The molecule has 0 radical (unpaired) electrons. The lowest BCUT2D eigenvalue weighted by Crippen LogP contribution is -2.26. The van der Waals surface area contributed by atoms with Crippen LogP contribution in [0.5, 0.6) is 0 Å². The number of hydrogen-bond donors (Lipinski definition) is 2. The number of amides is 1. The molecule has 154 valence electrons. The van der Waals surface area contributed by atoms with E-state index in [1.807, 2.05) is 24.3 Å². The summed E-state index contributed by atoms with van der Waals surface area (Å²) >= 11 is 0. The Morgan fingerprint density at radius 3 is 2.29 bits per heavy atom. The van der Waals surface area contributed by atoms with Crippen LogP contribution < -0.4 is 5.32 Å². The lowest BCUT2D eigenvalue weighted by atomic mass is 9.98. The topological polar surface area (TPSA) is 75.6 Å². The van der Waals surface area contributed by atoms with Crippen LogP contribution in [0.4, 0.5) is 4.79 Å². The molecular formula is C26H21NO4. The van der Waals surface area contributed by atoms with Crippen molar-refractivity contribution in [2.45, 2.75) is 12.3 Å². The molecule has 5 heteroatoms. The van der Waals surface area contributed by atoms with E-state index in [0.717, 1.165) is 0 Å². The monoisotopic (exact) mass is 411 g/mol. The van der Waals surface area contributed by atoms with E-state index in [1.54, 1.807) is 12.1 Å². The number of carbonyl (C=O) groups excluding carboxylic acids is 1. The van der Waals surface area contributed by atoms with E-state index in [-0.39, 0.29) is 18.1 Å². The maximum absolute atomic E-state index is 12.1. The van der Waals surface area contributed by atoms with Gasteiger partial charge in [-0.15, -0.1) is 0 Å². The normalized spacial score (nSPS) is 11.6. The number of hydrogen-bond acceptors (Lipinski definition) is 3. The number of nitrogens with one attached hydrogen (secondary N) is 1. The Balaban J connectivity index is 1.28. The highest BCUT2D eigenvalue weighted by atomic mass is 16.5. The number of aromatic carboxylic acids is 1. The van der Waals surface area contributed by atoms with E-state index in [0.29, 0.717) is 18.5 Å². The molecule has 5 nitrogen and oxygen atoms in total. The van der Waals surface area contributed by atoms with Crippen LogP contribution in [0.25, 0.3) is 11.1 Å². The van der Waals surface area contributed by atoms with Crippen LogP contribution >= 0.6 is 0 Å². The quantitative estimate of drug-likeness (QED) is 0.473. The van der Waals surface area contributed by atoms with Crippen LogP contribution in [0.1, 0.15) is 39.4 Å². The minimum Gasteiger partial charge on any atom is -0.478 e. The summed E-state index contributed by atoms with van der Waals surface area (Å²) in [6.45, 7) is 0.621. The van der Waals surface area contributed by atoms with E-state index in [2.05, 4.69) is 41.4 Å². The average molecular weight is 411 g/mol. The molecule has 3 aromatic carbocycles. The molecule has 0 bridgehead atoms. The SMILES string of the molecule is O=C(NCCC#Cc1cccc(C(=O)O)c1)OCC1c2ccccc2-c2ccccc21. The van der Waals surface area contributed by atoms with Gasteiger partial charge in [0.1, 0.15) is 6.61 Å². The zero-order valence-corrected chi connectivity index (χ0v) is 16.8. The van der Waals surface area contributed by atoms with E-state index in [4.69, 9.17) is 9.84 Å². The molecule has 0 aromatic heterocycles. The highest BCUT2D eigenvalue weighted by Gasteiger charge is 2.28. The molecule has 0 heterocycles. The minimum absolute atomic E-state index is 0.0273. The van der Waals surface area contributed by atoms with Gasteiger partial charge in [-0.2, -0.15) is 0 Å². The summed E-state index contributed by atoms with van der Waals surface area (Å²) in [6, 6.07) is 22.8. The van der Waals surface area contributed by atoms with Crippen molar-refractivity contribution >= 4 is 12.1 Å². The number of carboxylic acid groups (broad SMARTS) is 1. The number of fused-ring (bicyclic) bond motifs is 3. The third-order valence-corrected chi connectivity index (χ3v) is 5.21. The molecule has 4 rings (SSSR count). The molecule has 0 atom stereocenters. The van der Waals surface area contributed by atoms with Crippen molar-refractivity contribution in [3.05, 3.63) is 95.1 Å². The van der Waals surface area contributed by atoms with Gasteiger partial charge in [0.2, 0.25) is 0 Å². The summed E-state index contributed by atoms with van der Waals surface area (Å²) < 4.78 is 5.48. The first-order valence-corrected chi connectivity index (χ1v) is 10.0. The summed E-state index contributed by atoms with van der Waals surface area (Å²) in [5.74, 6) is 4.88. The van der Waals surface area contributed by atoms with Gasteiger partial charge >= 0.3 is 12.1 Å². The Morgan fingerprint density at radius 1 is 0.935 bits per heavy atom. The lowest BCUT2D eigenvalue weighted by molar-refractivity contribution is 0.0696. The second-order valence-electron chi connectivity index (χ2n) is 7.19. The molecule has 1 amide bonds. The zero-order chi connectivity index (χ0) is 21.6. The van der Waals surface area contributed by atoms with Crippen LogP contribution in [0.2, 0.25) is 0 Å². The number of benzene rings is 3. The second-order valence-corrected chi connectivity index (χ2v) is 7.19. The van der Waals surface area contributed by atoms with Crippen LogP contribution in [0.15, 0.2) is 72.8 Å². The fourth-order valence-corrected chi connectivity index (χ4v) is 3.77. The van der Waals surface area contributed by atoms with Crippen molar-refractivity contribution in [3.8, 4) is 23.0 Å². The Kier molecular flexibility index (Phi) is 6.00. The molecule has 2 N–H and O–H groups in total.